The van der Waals surface area contributed by atoms with Crippen LogP contribution in [0.1, 0.15) is 18.3 Å². The second-order valence-electron chi connectivity index (χ2n) is 3.32. The summed E-state index contributed by atoms with van der Waals surface area (Å²) in [5.74, 6) is 0. The fourth-order valence-corrected chi connectivity index (χ4v) is 1.49. The molecule has 3 heteroatoms. The van der Waals surface area contributed by atoms with Gasteiger partial charge in [0, 0.05) is 17.6 Å². The predicted molar refractivity (Wildman–Crippen MR) is 50.5 cm³/mol. The van der Waals surface area contributed by atoms with Gasteiger partial charge in [-0.25, -0.2) is 0 Å². The second-order valence-corrected chi connectivity index (χ2v) is 3.32. The molecule has 66 valence electrons. The van der Waals surface area contributed by atoms with Crippen LogP contribution >= 0.6 is 0 Å². The SMILES string of the molecule is Cc1ccc(C)n1C(C)(N)C=N. The van der Waals surface area contributed by atoms with E-state index >= 15 is 0 Å². The molecule has 0 aliphatic carbocycles. The third-order valence-corrected chi connectivity index (χ3v) is 2.05. The van der Waals surface area contributed by atoms with Crippen LogP contribution in [0.3, 0.4) is 0 Å². The van der Waals surface area contributed by atoms with E-state index in [1.54, 1.807) is 0 Å². The van der Waals surface area contributed by atoms with Crippen molar-refractivity contribution in [2.24, 2.45) is 5.73 Å². The highest BCUT2D eigenvalue weighted by atomic mass is 15.2. The molecule has 1 heterocycles. The van der Waals surface area contributed by atoms with E-state index in [-0.39, 0.29) is 0 Å². The molecule has 12 heavy (non-hydrogen) atoms. The molecule has 0 aliphatic heterocycles. The van der Waals surface area contributed by atoms with Crippen LogP contribution < -0.4 is 5.73 Å². The van der Waals surface area contributed by atoms with Gasteiger partial charge in [0.05, 0.1) is 0 Å². The van der Waals surface area contributed by atoms with Crippen LogP contribution in [0.5, 0.6) is 0 Å². The number of aryl methyl sites for hydroxylation is 2. The predicted octanol–water partition coefficient (Wildman–Crippen LogP) is 1.39. The summed E-state index contributed by atoms with van der Waals surface area (Å²) in [7, 11) is 0. The zero-order chi connectivity index (χ0) is 9.35. The third kappa shape index (κ3) is 1.28. The zero-order valence-electron chi connectivity index (χ0n) is 7.76. The summed E-state index contributed by atoms with van der Waals surface area (Å²) in [6, 6.07) is 4.01. The van der Waals surface area contributed by atoms with Gasteiger partial charge in [-0.2, -0.15) is 0 Å². The molecule has 0 amide bonds. The third-order valence-electron chi connectivity index (χ3n) is 2.05. The van der Waals surface area contributed by atoms with Gasteiger partial charge >= 0.3 is 0 Å². The van der Waals surface area contributed by atoms with Gasteiger partial charge in [0.15, 0.2) is 0 Å². The summed E-state index contributed by atoms with van der Waals surface area (Å²) in [6.07, 6.45) is 1.26. The first-order valence-electron chi connectivity index (χ1n) is 3.95. The average molecular weight is 165 g/mol. The average Bonchev–Trinajstić information content (AvgIpc) is 2.31. The van der Waals surface area contributed by atoms with Crippen LogP contribution in [0.25, 0.3) is 0 Å². The Kier molecular flexibility index (Phi) is 2.06. The molecular formula is C9H15N3. The van der Waals surface area contributed by atoms with Crippen LogP contribution in [0, 0.1) is 19.3 Å². The fraction of sp³-hybridized carbons (Fsp3) is 0.444. The van der Waals surface area contributed by atoms with Crippen LogP contribution in [-0.4, -0.2) is 10.8 Å². The van der Waals surface area contributed by atoms with Crippen molar-refractivity contribution in [2.75, 3.05) is 0 Å². The van der Waals surface area contributed by atoms with Gasteiger partial charge in [0.25, 0.3) is 0 Å². The number of hydrogen-bond donors (Lipinski definition) is 2. The van der Waals surface area contributed by atoms with Gasteiger partial charge < -0.3 is 15.7 Å². The molecule has 0 aromatic carbocycles. The molecule has 1 unspecified atom stereocenters. The first kappa shape index (κ1) is 9.00. The van der Waals surface area contributed by atoms with Crippen LogP contribution in [0.4, 0.5) is 0 Å². The normalized spacial score (nSPS) is 15.7. The van der Waals surface area contributed by atoms with E-state index in [9.17, 15) is 0 Å². The highest BCUT2D eigenvalue weighted by Gasteiger charge is 2.19. The smallest absolute Gasteiger partial charge is 0.125 e. The van der Waals surface area contributed by atoms with Crippen molar-refractivity contribution in [3.05, 3.63) is 23.5 Å². The minimum absolute atomic E-state index is 0.697. The van der Waals surface area contributed by atoms with Gasteiger partial charge in [0.2, 0.25) is 0 Å². The molecule has 0 saturated carbocycles. The summed E-state index contributed by atoms with van der Waals surface area (Å²) in [5, 5.41) is 7.20. The first-order valence-corrected chi connectivity index (χ1v) is 3.95. The van der Waals surface area contributed by atoms with E-state index < -0.39 is 5.66 Å². The lowest BCUT2D eigenvalue weighted by Crippen LogP contribution is -2.42. The Balaban J connectivity index is 3.25. The summed E-state index contributed by atoms with van der Waals surface area (Å²) < 4.78 is 1.94. The molecule has 3 N–H and O–H groups in total. The maximum atomic E-state index is 7.20. The summed E-state index contributed by atoms with van der Waals surface area (Å²) in [6.45, 7) is 5.79. The second kappa shape index (κ2) is 2.75. The van der Waals surface area contributed by atoms with Crippen molar-refractivity contribution in [1.29, 1.82) is 5.41 Å². The van der Waals surface area contributed by atoms with Crippen LogP contribution in [0.2, 0.25) is 0 Å². The number of nitrogens with two attached hydrogens (primary N) is 1. The molecule has 1 atom stereocenters. The quantitative estimate of drug-likeness (QED) is 0.639. The topological polar surface area (TPSA) is 54.8 Å². The van der Waals surface area contributed by atoms with Gasteiger partial charge in [-0.3, -0.25) is 0 Å². The Morgan fingerprint density at radius 2 is 1.83 bits per heavy atom. The minimum atomic E-state index is -0.697. The van der Waals surface area contributed by atoms with Crippen molar-refractivity contribution in [3.63, 3.8) is 0 Å². The maximum Gasteiger partial charge on any atom is 0.125 e. The first-order chi connectivity index (χ1) is 5.49. The van der Waals surface area contributed by atoms with Crippen molar-refractivity contribution in [3.8, 4) is 0 Å². The van der Waals surface area contributed by atoms with Gasteiger partial charge in [0.1, 0.15) is 5.66 Å². The Morgan fingerprint density at radius 3 is 2.17 bits per heavy atom. The minimum Gasteiger partial charge on any atom is -0.326 e. The molecule has 1 rings (SSSR count). The molecule has 0 aliphatic rings. The standard InChI is InChI=1S/C9H15N3/c1-7-4-5-8(2)12(7)9(3,11)6-10/h4-6,10H,11H2,1-3H3. The summed E-state index contributed by atoms with van der Waals surface area (Å²) >= 11 is 0. The molecule has 0 saturated heterocycles. The Hall–Kier alpha value is -1.09. The van der Waals surface area contributed by atoms with E-state index in [0.717, 1.165) is 11.4 Å². The van der Waals surface area contributed by atoms with Crippen LogP contribution in [0.15, 0.2) is 12.1 Å². The summed E-state index contributed by atoms with van der Waals surface area (Å²) in [4.78, 5) is 0. The van der Waals surface area contributed by atoms with E-state index in [4.69, 9.17) is 11.1 Å². The Morgan fingerprint density at radius 1 is 1.42 bits per heavy atom. The molecule has 0 radical (unpaired) electrons. The number of nitrogens with zero attached hydrogens (tertiary/aromatic N) is 1. The zero-order valence-corrected chi connectivity index (χ0v) is 7.76. The van der Waals surface area contributed by atoms with Crippen LogP contribution in [-0.2, 0) is 5.66 Å². The largest absolute Gasteiger partial charge is 0.326 e. The van der Waals surface area contributed by atoms with Crippen molar-refractivity contribution in [2.45, 2.75) is 26.4 Å². The summed E-state index contributed by atoms with van der Waals surface area (Å²) in [5.41, 5.74) is 7.38. The lowest BCUT2D eigenvalue weighted by Gasteiger charge is -2.25. The monoisotopic (exact) mass is 165 g/mol. The molecule has 0 bridgehead atoms. The Bertz CT molecular complexity index is 277. The number of nitrogens with one attached hydrogen (secondary N) is 1. The van der Waals surface area contributed by atoms with Crippen molar-refractivity contribution in [1.82, 2.24) is 4.57 Å². The van der Waals surface area contributed by atoms with E-state index in [0.29, 0.717) is 0 Å². The molecule has 1 aromatic heterocycles. The van der Waals surface area contributed by atoms with E-state index in [1.807, 2.05) is 37.5 Å². The maximum absolute atomic E-state index is 7.20. The molecule has 3 nitrogen and oxygen atoms in total. The van der Waals surface area contributed by atoms with Crippen molar-refractivity contribution < 1.29 is 0 Å². The number of hydrogen-bond acceptors (Lipinski definition) is 2. The van der Waals surface area contributed by atoms with Gasteiger partial charge in [-0.1, -0.05) is 0 Å². The highest BCUT2D eigenvalue weighted by molar-refractivity contribution is 5.63. The fourth-order valence-electron chi connectivity index (χ4n) is 1.49. The van der Waals surface area contributed by atoms with E-state index in [1.165, 1.54) is 6.21 Å². The lowest BCUT2D eigenvalue weighted by atomic mass is 10.2. The van der Waals surface area contributed by atoms with Gasteiger partial charge in [-0.05, 0) is 32.9 Å². The Labute approximate surface area is 72.7 Å². The lowest BCUT2D eigenvalue weighted by molar-refractivity contribution is 0.455. The molecular weight excluding hydrogens is 150 g/mol. The molecule has 1 aromatic rings. The highest BCUT2D eigenvalue weighted by Crippen LogP contribution is 2.14. The number of rotatable bonds is 2. The van der Waals surface area contributed by atoms with E-state index in [2.05, 4.69) is 0 Å². The van der Waals surface area contributed by atoms with Gasteiger partial charge in [-0.15, -0.1) is 0 Å². The molecule has 0 fully saturated rings. The number of aromatic nitrogens is 1. The molecule has 0 spiro atoms. The van der Waals surface area contributed by atoms with Crippen molar-refractivity contribution >= 4 is 6.21 Å².